The van der Waals surface area contributed by atoms with Crippen LogP contribution in [0.4, 0.5) is 5.95 Å². The monoisotopic (exact) mass is 223 g/mol. The number of hydrogen-bond acceptors (Lipinski definition) is 4. The van der Waals surface area contributed by atoms with Gasteiger partial charge in [-0.05, 0) is 19.1 Å². The SMILES string of the molecule is CC(Nc1ncc(Cl)cn1)c1ccco1. The van der Waals surface area contributed by atoms with Gasteiger partial charge in [0.25, 0.3) is 0 Å². The van der Waals surface area contributed by atoms with Gasteiger partial charge in [0.2, 0.25) is 5.95 Å². The van der Waals surface area contributed by atoms with Crippen LogP contribution in [0.2, 0.25) is 5.02 Å². The third kappa shape index (κ3) is 2.47. The number of furan rings is 1. The summed E-state index contributed by atoms with van der Waals surface area (Å²) in [6.07, 6.45) is 4.73. The molecule has 0 aromatic carbocycles. The van der Waals surface area contributed by atoms with Crippen molar-refractivity contribution < 1.29 is 4.42 Å². The van der Waals surface area contributed by atoms with Gasteiger partial charge in [0.05, 0.1) is 29.7 Å². The lowest BCUT2D eigenvalue weighted by Gasteiger charge is -2.10. The Balaban J connectivity index is 2.06. The minimum Gasteiger partial charge on any atom is -0.467 e. The Morgan fingerprint density at radius 1 is 1.40 bits per heavy atom. The zero-order chi connectivity index (χ0) is 10.7. The highest BCUT2D eigenvalue weighted by atomic mass is 35.5. The molecule has 0 saturated heterocycles. The average molecular weight is 224 g/mol. The summed E-state index contributed by atoms with van der Waals surface area (Å²) in [7, 11) is 0. The maximum absolute atomic E-state index is 5.68. The Morgan fingerprint density at radius 3 is 2.73 bits per heavy atom. The summed E-state index contributed by atoms with van der Waals surface area (Å²) in [4.78, 5) is 8.06. The molecule has 1 atom stereocenters. The largest absolute Gasteiger partial charge is 0.467 e. The topological polar surface area (TPSA) is 51.0 Å². The second-order valence-corrected chi connectivity index (χ2v) is 3.54. The van der Waals surface area contributed by atoms with Crippen molar-refractivity contribution >= 4 is 17.5 Å². The molecule has 15 heavy (non-hydrogen) atoms. The zero-order valence-corrected chi connectivity index (χ0v) is 8.90. The minimum atomic E-state index is 0.0289. The molecule has 1 N–H and O–H groups in total. The van der Waals surface area contributed by atoms with Gasteiger partial charge in [-0.1, -0.05) is 11.6 Å². The molecule has 0 spiro atoms. The molecule has 0 aliphatic rings. The van der Waals surface area contributed by atoms with Crippen molar-refractivity contribution in [2.24, 2.45) is 0 Å². The van der Waals surface area contributed by atoms with Gasteiger partial charge in [-0.3, -0.25) is 0 Å². The van der Waals surface area contributed by atoms with Crippen LogP contribution < -0.4 is 5.32 Å². The van der Waals surface area contributed by atoms with E-state index in [1.54, 1.807) is 18.7 Å². The lowest BCUT2D eigenvalue weighted by molar-refractivity contribution is 0.489. The normalized spacial score (nSPS) is 12.4. The van der Waals surface area contributed by atoms with Crippen LogP contribution in [-0.2, 0) is 0 Å². The smallest absolute Gasteiger partial charge is 0.223 e. The number of hydrogen-bond donors (Lipinski definition) is 1. The van der Waals surface area contributed by atoms with Crippen LogP contribution in [0.25, 0.3) is 0 Å². The third-order valence-electron chi connectivity index (χ3n) is 1.94. The van der Waals surface area contributed by atoms with Gasteiger partial charge in [0.1, 0.15) is 5.76 Å². The second-order valence-electron chi connectivity index (χ2n) is 3.11. The van der Waals surface area contributed by atoms with Crippen molar-refractivity contribution in [2.45, 2.75) is 13.0 Å². The van der Waals surface area contributed by atoms with Gasteiger partial charge in [0, 0.05) is 0 Å². The molecular formula is C10H10ClN3O. The molecule has 0 aliphatic carbocycles. The van der Waals surface area contributed by atoms with Crippen LogP contribution in [0.3, 0.4) is 0 Å². The minimum absolute atomic E-state index is 0.0289. The molecule has 2 rings (SSSR count). The van der Waals surface area contributed by atoms with Gasteiger partial charge in [-0.2, -0.15) is 0 Å². The molecule has 2 heterocycles. The third-order valence-corrected chi connectivity index (χ3v) is 2.13. The molecule has 0 radical (unpaired) electrons. The zero-order valence-electron chi connectivity index (χ0n) is 8.14. The van der Waals surface area contributed by atoms with Crippen molar-refractivity contribution in [3.8, 4) is 0 Å². The summed E-state index contributed by atoms with van der Waals surface area (Å²) >= 11 is 5.68. The molecule has 0 bridgehead atoms. The fraction of sp³-hybridized carbons (Fsp3) is 0.200. The predicted octanol–water partition coefficient (Wildman–Crippen LogP) is 2.90. The van der Waals surface area contributed by atoms with E-state index in [0.29, 0.717) is 11.0 Å². The van der Waals surface area contributed by atoms with Crippen molar-refractivity contribution in [1.82, 2.24) is 9.97 Å². The highest BCUT2D eigenvalue weighted by Gasteiger charge is 2.08. The Kier molecular flexibility index (Phi) is 2.87. The van der Waals surface area contributed by atoms with Crippen LogP contribution in [0.1, 0.15) is 18.7 Å². The summed E-state index contributed by atoms with van der Waals surface area (Å²) in [5.41, 5.74) is 0. The van der Waals surface area contributed by atoms with Crippen LogP contribution in [-0.4, -0.2) is 9.97 Å². The van der Waals surface area contributed by atoms with E-state index in [0.717, 1.165) is 5.76 Å². The fourth-order valence-electron chi connectivity index (χ4n) is 1.19. The van der Waals surface area contributed by atoms with E-state index in [1.165, 1.54) is 0 Å². The van der Waals surface area contributed by atoms with Crippen LogP contribution in [0, 0.1) is 0 Å². The molecule has 2 aromatic heterocycles. The van der Waals surface area contributed by atoms with Crippen molar-refractivity contribution in [1.29, 1.82) is 0 Å². The first kappa shape index (κ1) is 9.98. The Bertz CT molecular complexity index is 413. The summed E-state index contributed by atoms with van der Waals surface area (Å²) in [5.74, 6) is 1.37. The highest BCUT2D eigenvalue weighted by molar-refractivity contribution is 6.30. The van der Waals surface area contributed by atoms with E-state index >= 15 is 0 Å². The number of nitrogens with one attached hydrogen (secondary N) is 1. The van der Waals surface area contributed by atoms with Crippen LogP contribution >= 0.6 is 11.6 Å². The molecule has 0 fully saturated rings. The number of rotatable bonds is 3. The quantitative estimate of drug-likeness (QED) is 0.869. The first-order valence-corrected chi connectivity index (χ1v) is 4.91. The number of aromatic nitrogens is 2. The Hall–Kier alpha value is -1.55. The van der Waals surface area contributed by atoms with Crippen molar-refractivity contribution in [2.75, 3.05) is 5.32 Å². The fourth-order valence-corrected chi connectivity index (χ4v) is 1.29. The maximum atomic E-state index is 5.68. The van der Waals surface area contributed by atoms with E-state index in [9.17, 15) is 0 Å². The average Bonchev–Trinajstić information content (AvgIpc) is 2.74. The molecule has 0 aliphatic heterocycles. The van der Waals surface area contributed by atoms with Gasteiger partial charge >= 0.3 is 0 Å². The lowest BCUT2D eigenvalue weighted by Crippen LogP contribution is -2.08. The predicted molar refractivity (Wildman–Crippen MR) is 57.8 cm³/mol. The molecule has 2 aromatic rings. The highest BCUT2D eigenvalue weighted by Crippen LogP contribution is 2.17. The second kappa shape index (κ2) is 4.31. The first-order valence-electron chi connectivity index (χ1n) is 4.53. The van der Waals surface area contributed by atoms with E-state index in [2.05, 4.69) is 15.3 Å². The van der Waals surface area contributed by atoms with Crippen LogP contribution in [0.5, 0.6) is 0 Å². The number of nitrogens with zero attached hydrogens (tertiary/aromatic N) is 2. The Morgan fingerprint density at radius 2 is 2.13 bits per heavy atom. The lowest BCUT2D eigenvalue weighted by atomic mass is 10.2. The summed E-state index contributed by atoms with van der Waals surface area (Å²) < 4.78 is 5.25. The van der Waals surface area contributed by atoms with Crippen LogP contribution in [0.15, 0.2) is 35.2 Å². The van der Waals surface area contributed by atoms with Crippen molar-refractivity contribution in [3.63, 3.8) is 0 Å². The molecule has 0 amide bonds. The van der Waals surface area contributed by atoms with Gasteiger partial charge in [-0.25, -0.2) is 9.97 Å². The Labute approximate surface area is 92.3 Å². The van der Waals surface area contributed by atoms with E-state index < -0.39 is 0 Å². The van der Waals surface area contributed by atoms with Gasteiger partial charge < -0.3 is 9.73 Å². The van der Waals surface area contributed by atoms with Crippen molar-refractivity contribution in [3.05, 3.63) is 41.6 Å². The summed E-state index contributed by atoms with van der Waals surface area (Å²) in [5, 5.41) is 3.62. The summed E-state index contributed by atoms with van der Waals surface area (Å²) in [6.45, 7) is 1.97. The first-order chi connectivity index (χ1) is 7.25. The molecule has 0 saturated carbocycles. The number of anilines is 1. The molecule has 5 heteroatoms. The van der Waals surface area contributed by atoms with Gasteiger partial charge in [-0.15, -0.1) is 0 Å². The molecular weight excluding hydrogens is 214 g/mol. The van der Waals surface area contributed by atoms with E-state index in [4.69, 9.17) is 16.0 Å². The number of halogens is 1. The van der Waals surface area contributed by atoms with E-state index in [-0.39, 0.29) is 6.04 Å². The van der Waals surface area contributed by atoms with E-state index in [1.807, 2.05) is 19.1 Å². The molecule has 1 unspecified atom stereocenters. The maximum Gasteiger partial charge on any atom is 0.223 e. The standard InChI is InChI=1S/C10H10ClN3O/c1-7(9-3-2-4-15-9)14-10-12-5-8(11)6-13-10/h2-7H,1H3,(H,12,13,14). The molecule has 78 valence electrons. The molecule has 4 nitrogen and oxygen atoms in total. The summed E-state index contributed by atoms with van der Waals surface area (Å²) in [6, 6.07) is 3.77. The van der Waals surface area contributed by atoms with Gasteiger partial charge in [0.15, 0.2) is 0 Å².